The Labute approximate surface area is 133 Å². The van der Waals surface area contributed by atoms with Crippen LogP contribution >= 0.6 is 24.0 Å². The fraction of sp³-hybridized carbons (Fsp3) is 0.923. The van der Waals surface area contributed by atoms with Crippen LogP contribution in [-0.4, -0.2) is 68.2 Å². The molecule has 0 saturated carbocycles. The van der Waals surface area contributed by atoms with E-state index in [1.165, 1.54) is 25.7 Å². The second kappa shape index (κ2) is 9.77. The van der Waals surface area contributed by atoms with Gasteiger partial charge in [0, 0.05) is 32.7 Å². The number of guanidine groups is 1. The highest BCUT2D eigenvalue weighted by Crippen LogP contribution is 2.09. The van der Waals surface area contributed by atoms with Crippen LogP contribution in [0.2, 0.25) is 0 Å². The summed E-state index contributed by atoms with van der Waals surface area (Å²) in [6.07, 6.45) is 5.16. The quantitative estimate of drug-likeness (QED) is 0.452. The van der Waals surface area contributed by atoms with Crippen LogP contribution in [0.25, 0.3) is 0 Å². The van der Waals surface area contributed by atoms with E-state index in [1.54, 1.807) is 0 Å². The Kier molecular flexibility index (Phi) is 8.72. The van der Waals surface area contributed by atoms with Crippen molar-refractivity contribution in [3.05, 3.63) is 0 Å². The second-order valence-electron chi connectivity index (χ2n) is 5.10. The number of hydrogen-bond donors (Lipinski definition) is 1. The first-order valence-corrected chi connectivity index (χ1v) is 7.21. The second-order valence-corrected chi connectivity index (χ2v) is 5.10. The molecule has 2 heterocycles. The van der Waals surface area contributed by atoms with Crippen LogP contribution in [0.4, 0.5) is 0 Å². The number of rotatable bonds is 3. The zero-order valence-corrected chi connectivity index (χ0v) is 14.1. The van der Waals surface area contributed by atoms with Crippen molar-refractivity contribution >= 4 is 29.9 Å². The van der Waals surface area contributed by atoms with Crippen molar-refractivity contribution < 1.29 is 4.74 Å². The van der Waals surface area contributed by atoms with Crippen LogP contribution in [-0.2, 0) is 4.74 Å². The Bertz CT molecular complexity index is 261. The summed E-state index contributed by atoms with van der Waals surface area (Å²) in [5.74, 6) is 0.741. The lowest BCUT2D eigenvalue weighted by atomic mass is 10.2. The van der Waals surface area contributed by atoms with E-state index in [2.05, 4.69) is 14.8 Å². The Hall–Kier alpha value is -0.0800. The van der Waals surface area contributed by atoms with E-state index in [1.807, 2.05) is 0 Å². The van der Waals surface area contributed by atoms with Crippen LogP contribution in [0, 0.1) is 0 Å². The molecule has 6 heteroatoms. The molecule has 0 spiro atoms. The topological polar surface area (TPSA) is 54.1 Å². The van der Waals surface area contributed by atoms with Crippen LogP contribution in [0.1, 0.15) is 25.7 Å². The summed E-state index contributed by atoms with van der Waals surface area (Å²) in [4.78, 5) is 9.16. The number of aliphatic imine (C=N–C) groups is 1. The number of ether oxygens (including phenoxy) is 1. The van der Waals surface area contributed by atoms with E-state index >= 15 is 0 Å². The minimum atomic E-state index is 0. The molecule has 2 aliphatic rings. The molecule has 0 unspecified atom stereocenters. The van der Waals surface area contributed by atoms with Gasteiger partial charge >= 0.3 is 0 Å². The smallest absolute Gasteiger partial charge is 0.191 e. The number of nitrogens with two attached hydrogens (primary N) is 1. The lowest BCUT2D eigenvalue weighted by molar-refractivity contribution is 0.0394. The molecule has 0 atom stereocenters. The summed E-state index contributed by atoms with van der Waals surface area (Å²) < 4.78 is 5.33. The van der Waals surface area contributed by atoms with E-state index in [0.717, 1.165) is 58.4 Å². The highest BCUT2D eigenvalue weighted by atomic mass is 127. The maximum absolute atomic E-state index is 6.07. The van der Waals surface area contributed by atoms with Gasteiger partial charge in [-0.15, -0.1) is 24.0 Å². The lowest BCUT2D eigenvalue weighted by Crippen LogP contribution is -2.40. The minimum Gasteiger partial charge on any atom is -0.379 e. The fourth-order valence-corrected chi connectivity index (χ4v) is 2.53. The largest absolute Gasteiger partial charge is 0.379 e. The zero-order chi connectivity index (χ0) is 12.6. The fourth-order valence-electron chi connectivity index (χ4n) is 2.53. The summed E-state index contributed by atoms with van der Waals surface area (Å²) in [6.45, 7) is 7.72. The third kappa shape index (κ3) is 6.27. The van der Waals surface area contributed by atoms with E-state index < -0.39 is 0 Å². The SMILES string of the molecule is I.NC(=NCCN1CCOCC1)N1CCCCCC1. The molecule has 5 nitrogen and oxygen atoms in total. The van der Waals surface area contributed by atoms with Gasteiger partial charge in [-0.05, 0) is 12.8 Å². The molecule has 0 aromatic carbocycles. The van der Waals surface area contributed by atoms with Crippen molar-refractivity contribution in [2.24, 2.45) is 10.7 Å². The molecule has 2 saturated heterocycles. The zero-order valence-electron chi connectivity index (χ0n) is 11.7. The van der Waals surface area contributed by atoms with Gasteiger partial charge in [0.2, 0.25) is 0 Å². The molecule has 0 aromatic rings. The number of morpholine rings is 1. The van der Waals surface area contributed by atoms with E-state index in [9.17, 15) is 0 Å². The third-order valence-electron chi connectivity index (χ3n) is 3.72. The van der Waals surface area contributed by atoms with Crippen LogP contribution in [0.15, 0.2) is 4.99 Å². The molecule has 2 fully saturated rings. The maximum Gasteiger partial charge on any atom is 0.191 e. The normalized spacial score (nSPS) is 22.7. The lowest BCUT2D eigenvalue weighted by Gasteiger charge is -2.26. The number of halogens is 1. The first-order valence-electron chi connectivity index (χ1n) is 7.21. The van der Waals surface area contributed by atoms with Crippen molar-refractivity contribution in [1.82, 2.24) is 9.80 Å². The molecule has 0 amide bonds. The predicted molar refractivity (Wildman–Crippen MR) is 89.2 cm³/mol. The Morgan fingerprint density at radius 1 is 1.00 bits per heavy atom. The Morgan fingerprint density at radius 2 is 1.63 bits per heavy atom. The summed E-state index contributed by atoms with van der Waals surface area (Å²) >= 11 is 0. The Balaban J connectivity index is 0.00000180. The monoisotopic (exact) mass is 382 g/mol. The molecule has 2 N–H and O–H groups in total. The van der Waals surface area contributed by atoms with Crippen molar-refractivity contribution in [3.8, 4) is 0 Å². The van der Waals surface area contributed by atoms with Gasteiger partial charge < -0.3 is 15.4 Å². The summed E-state index contributed by atoms with van der Waals surface area (Å²) in [5.41, 5.74) is 6.07. The maximum atomic E-state index is 6.07. The molecular formula is C13H27IN4O. The molecule has 0 bridgehead atoms. The molecule has 2 aliphatic heterocycles. The highest BCUT2D eigenvalue weighted by molar-refractivity contribution is 14.0. The molecule has 112 valence electrons. The highest BCUT2D eigenvalue weighted by Gasteiger charge is 2.12. The van der Waals surface area contributed by atoms with Gasteiger partial charge in [-0.3, -0.25) is 9.89 Å². The van der Waals surface area contributed by atoms with Gasteiger partial charge in [0.15, 0.2) is 5.96 Å². The van der Waals surface area contributed by atoms with Crippen molar-refractivity contribution in [2.45, 2.75) is 25.7 Å². The van der Waals surface area contributed by atoms with Crippen molar-refractivity contribution in [3.63, 3.8) is 0 Å². The molecule has 2 rings (SSSR count). The van der Waals surface area contributed by atoms with E-state index in [-0.39, 0.29) is 24.0 Å². The average molecular weight is 382 g/mol. The van der Waals surface area contributed by atoms with Gasteiger partial charge in [-0.1, -0.05) is 12.8 Å². The molecule has 0 radical (unpaired) electrons. The standard InChI is InChI=1S/C13H26N4O.HI/c14-13(17-6-3-1-2-4-7-17)15-5-8-16-9-11-18-12-10-16;/h1-12H2,(H2,14,15);1H. The van der Waals surface area contributed by atoms with Gasteiger partial charge in [-0.25, -0.2) is 0 Å². The Morgan fingerprint density at radius 3 is 2.26 bits per heavy atom. The van der Waals surface area contributed by atoms with Gasteiger partial charge in [0.05, 0.1) is 19.8 Å². The number of nitrogens with zero attached hydrogens (tertiary/aromatic N) is 3. The average Bonchev–Trinajstić information content (AvgIpc) is 2.69. The van der Waals surface area contributed by atoms with E-state index in [0.29, 0.717) is 0 Å². The summed E-state index contributed by atoms with van der Waals surface area (Å²) in [6, 6.07) is 0. The van der Waals surface area contributed by atoms with Crippen LogP contribution in [0.5, 0.6) is 0 Å². The van der Waals surface area contributed by atoms with Gasteiger partial charge in [0.1, 0.15) is 0 Å². The third-order valence-corrected chi connectivity index (χ3v) is 3.72. The summed E-state index contributed by atoms with van der Waals surface area (Å²) in [7, 11) is 0. The first-order chi connectivity index (χ1) is 8.86. The minimum absolute atomic E-state index is 0. The predicted octanol–water partition coefficient (Wildman–Crippen LogP) is 1.13. The molecule has 0 aromatic heterocycles. The summed E-state index contributed by atoms with van der Waals surface area (Å²) in [5, 5.41) is 0. The van der Waals surface area contributed by atoms with Crippen LogP contribution in [0.3, 0.4) is 0 Å². The van der Waals surface area contributed by atoms with Crippen LogP contribution < -0.4 is 5.73 Å². The van der Waals surface area contributed by atoms with Crippen molar-refractivity contribution in [1.29, 1.82) is 0 Å². The van der Waals surface area contributed by atoms with E-state index in [4.69, 9.17) is 10.5 Å². The van der Waals surface area contributed by atoms with Crippen molar-refractivity contribution in [2.75, 3.05) is 52.5 Å². The number of hydrogen-bond acceptors (Lipinski definition) is 3. The first kappa shape index (κ1) is 17.0. The van der Waals surface area contributed by atoms with Gasteiger partial charge in [0.25, 0.3) is 0 Å². The van der Waals surface area contributed by atoms with Gasteiger partial charge in [-0.2, -0.15) is 0 Å². The molecule has 19 heavy (non-hydrogen) atoms. The number of likely N-dealkylation sites (tertiary alicyclic amines) is 1. The molecular weight excluding hydrogens is 355 g/mol. The molecule has 0 aliphatic carbocycles.